The summed E-state index contributed by atoms with van der Waals surface area (Å²) in [4.78, 5) is 8.96. The van der Waals surface area contributed by atoms with Crippen LogP contribution in [-0.4, -0.2) is 69.3 Å². The molecular weight excluding hydrogens is 491 g/mol. The first-order chi connectivity index (χ1) is 14.3. The van der Waals surface area contributed by atoms with Crippen molar-refractivity contribution in [3.8, 4) is 5.75 Å². The standard InChI is InChI=1S/C23H32N4O2.HI/c1-24-23(26(2)12-17-29-22-10-4-3-5-11-22)25-18-20-8-6-7-9-21(20)19-27-13-15-28-16-14-27;/h3-11H,12-19H2,1-2H3,(H,24,25);1H. The Morgan fingerprint density at radius 3 is 2.43 bits per heavy atom. The normalized spacial score (nSPS) is 14.7. The molecule has 0 saturated carbocycles. The second kappa shape index (κ2) is 13.5. The van der Waals surface area contributed by atoms with E-state index < -0.39 is 0 Å². The highest BCUT2D eigenvalue weighted by Gasteiger charge is 2.13. The molecule has 30 heavy (non-hydrogen) atoms. The van der Waals surface area contributed by atoms with Gasteiger partial charge in [-0.3, -0.25) is 9.89 Å². The minimum Gasteiger partial charge on any atom is -0.492 e. The third kappa shape index (κ3) is 7.77. The molecule has 1 fully saturated rings. The number of guanidine groups is 1. The summed E-state index contributed by atoms with van der Waals surface area (Å²) in [5, 5.41) is 3.49. The van der Waals surface area contributed by atoms with E-state index in [1.165, 1.54) is 11.1 Å². The maximum Gasteiger partial charge on any atom is 0.193 e. The van der Waals surface area contributed by atoms with Crippen molar-refractivity contribution in [2.45, 2.75) is 13.1 Å². The molecule has 0 aliphatic carbocycles. The first-order valence-corrected chi connectivity index (χ1v) is 10.2. The van der Waals surface area contributed by atoms with Crippen molar-refractivity contribution in [2.75, 3.05) is 53.6 Å². The smallest absolute Gasteiger partial charge is 0.193 e. The number of benzene rings is 2. The molecule has 7 heteroatoms. The summed E-state index contributed by atoms with van der Waals surface area (Å²) in [5.41, 5.74) is 2.65. The third-order valence-electron chi connectivity index (χ3n) is 5.07. The highest BCUT2D eigenvalue weighted by molar-refractivity contribution is 14.0. The van der Waals surface area contributed by atoms with Gasteiger partial charge in [0.2, 0.25) is 0 Å². The van der Waals surface area contributed by atoms with E-state index in [4.69, 9.17) is 9.47 Å². The molecule has 1 N–H and O–H groups in total. The number of para-hydroxylation sites is 1. The molecule has 0 amide bonds. The second-order valence-corrected chi connectivity index (χ2v) is 7.14. The van der Waals surface area contributed by atoms with Crippen molar-refractivity contribution in [2.24, 2.45) is 4.99 Å². The number of nitrogens with one attached hydrogen (secondary N) is 1. The maximum absolute atomic E-state index is 5.80. The predicted octanol–water partition coefficient (Wildman–Crippen LogP) is 3.22. The van der Waals surface area contributed by atoms with E-state index >= 15 is 0 Å². The van der Waals surface area contributed by atoms with Gasteiger partial charge < -0.3 is 19.7 Å². The molecule has 1 aliphatic rings. The molecule has 2 aromatic carbocycles. The molecule has 0 unspecified atom stereocenters. The van der Waals surface area contributed by atoms with Gasteiger partial charge in [-0.1, -0.05) is 42.5 Å². The van der Waals surface area contributed by atoms with E-state index in [1.807, 2.05) is 44.4 Å². The molecule has 6 nitrogen and oxygen atoms in total. The lowest BCUT2D eigenvalue weighted by Gasteiger charge is -2.28. The van der Waals surface area contributed by atoms with Crippen molar-refractivity contribution in [3.63, 3.8) is 0 Å². The van der Waals surface area contributed by atoms with E-state index in [9.17, 15) is 0 Å². The molecule has 3 rings (SSSR count). The van der Waals surface area contributed by atoms with Crippen molar-refractivity contribution in [1.82, 2.24) is 15.1 Å². The van der Waals surface area contributed by atoms with Gasteiger partial charge in [-0.25, -0.2) is 0 Å². The lowest BCUT2D eigenvalue weighted by Crippen LogP contribution is -2.40. The van der Waals surface area contributed by atoms with Crippen LogP contribution >= 0.6 is 24.0 Å². The van der Waals surface area contributed by atoms with Crippen molar-refractivity contribution < 1.29 is 9.47 Å². The first kappa shape index (κ1) is 24.4. The summed E-state index contributed by atoms with van der Waals surface area (Å²) < 4.78 is 11.3. The zero-order valence-corrected chi connectivity index (χ0v) is 20.2. The summed E-state index contributed by atoms with van der Waals surface area (Å²) in [6.45, 7) is 6.70. The van der Waals surface area contributed by atoms with Gasteiger partial charge in [-0.05, 0) is 23.3 Å². The SMILES string of the molecule is CN=C(NCc1ccccc1CN1CCOCC1)N(C)CCOc1ccccc1.I. The largest absolute Gasteiger partial charge is 0.492 e. The fraction of sp³-hybridized carbons (Fsp3) is 0.435. The van der Waals surface area contributed by atoms with Crippen LogP contribution in [0.15, 0.2) is 59.6 Å². The number of morpholine rings is 1. The van der Waals surface area contributed by atoms with E-state index in [0.29, 0.717) is 6.61 Å². The maximum atomic E-state index is 5.80. The minimum atomic E-state index is 0. The zero-order valence-electron chi connectivity index (χ0n) is 17.9. The van der Waals surface area contributed by atoms with Crippen LogP contribution in [-0.2, 0) is 17.8 Å². The number of likely N-dealkylation sites (N-methyl/N-ethyl adjacent to an activating group) is 1. The predicted molar refractivity (Wildman–Crippen MR) is 133 cm³/mol. The number of rotatable bonds is 8. The highest BCUT2D eigenvalue weighted by atomic mass is 127. The molecule has 1 aliphatic heterocycles. The molecule has 1 saturated heterocycles. The first-order valence-electron chi connectivity index (χ1n) is 10.2. The van der Waals surface area contributed by atoms with E-state index in [1.54, 1.807) is 0 Å². The molecule has 0 bridgehead atoms. The Morgan fingerprint density at radius 2 is 1.73 bits per heavy atom. The highest BCUT2D eigenvalue weighted by Crippen LogP contribution is 2.13. The number of hydrogen-bond donors (Lipinski definition) is 1. The van der Waals surface area contributed by atoms with Crippen molar-refractivity contribution in [3.05, 3.63) is 65.7 Å². The number of halogens is 1. The Kier molecular flexibility index (Phi) is 11.0. The summed E-state index contributed by atoms with van der Waals surface area (Å²) in [7, 11) is 3.85. The van der Waals surface area contributed by atoms with Gasteiger partial charge in [0, 0.05) is 40.3 Å². The van der Waals surface area contributed by atoms with Crippen LogP contribution in [0.25, 0.3) is 0 Å². The van der Waals surface area contributed by atoms with Crippen LogP contribution < -0.4 is 10.1 Å². The third-order valence-corrected chi connectivity index (χ3v) is 5.07. The van der Waals surface area contributed by atoms with E-state index in [-0.39, 0.29) is 24.0 Å². The fourth-order valence-electron chi connectivity index (χ4n) is 3.37. The lowest BCUT2D eigenvalue weighted by atomic mass is 10.1. The molecule has 2 aromatic rings. The van der Waals surface area contributed by atoms with E-state index in [2.05, 4.69) is 44.4 Å². The number of aliphatic imine (C=N–C) groups is 1. The average Bonchev–Trinajstić information content (AvgIpc) is 2.77. The number of nitrogens with zero attached hydrogens (tertiary/aromatic N) is 3. The van der Waals surface area contributed by atoms with Gasteiger partial charge in [0.1, 0.15) is 12.4 Å². The Bertz CT molecular complexity index is 767. The van der Waals surface area contributed by atoms with Crippen LogP contribution in [0.5, 0.6) is 5.75 Å². The van der Waals surface area contributed by atoms with E-state index in [0.717, 1.165) is 57.6 Å². The Balaban J connectivity index is 0.00000320. The van der Waals surface area contributed by atoms with Crippen LogP contribution in [0, 0.1) is 0 Å². The molecule has 0 spiro atoms. The van der Waals surface area contributed by atoms with Crippen molar-refractivity contribution in [1.29, 1.82) is 0 Å². The van der Waals surface area contributed by atoms with Gasteiger partial charge in [0.15, 0.2) is 5.96 Å². The summed E-state index contributed by atoms with van der Waals surface area (Å²) >= 11 is 0. The molecular formula is C23H33IN4O2. The summed E-state index contributed by atoms with van der Waals surface area (Å²) in [6, 6.07) is 18.5. The molecule has 164 valence electrons. The van der Waals surface area contributed by atoms with Gasteiger partial charge >= 0.3 is 0 Å². The fourth-order valence-corrected chi connectivity index (χ4v) is 3.37. The number of ether oxygens (including phenoxy) is 2. The quantitative estimate of drug-likeness (QED) is 0.327. The Hall–Kier alpha value is -1.84. The van der Waals surface area contributed by atoms with Crippen LogP contribution in [0.2, 0.25) is 0 Å². The van der Waals surface area contributed by atoms with Gasteiger partial charge in [-0.2, -0.15) is 0 Å². The van der Waals surface area contributed by atoms with Gasteiger partial charge in [-0.15, -0.1) is 24.0 Å². The van der Waals surface area contributed by atoms with Crippen molar-refractivity contribution >= 4 is 29.9 Å². The summed E-state index contributed by atoms with van der Waals surface area (Å²) in [6.07, 6.45) is 0. The average molecular weight is 524 g/mol. The zero-order chi connectivity index (χ0) is 20.3. The minimum absolute atomic E-state index is 0. The molecule has 1 heterocycles. The second-order valence-electron chi connectivity index (χ2n) is 7.14. The molecule has 0 aromatic heterocycles. The van der Waals surface area contributed by atoms with Gasteiger partial charge in [0.05, 0.1) is 19.8 Å². The topological polar surface area (TPSA) is 49.3 Å². The summed E-state index contributed by atoms with van der Waals surface area (Å²) in [5.74, 6) is 1.75. The number of hydrogen-bond acceptors (Lipinski definition) is 4. The monoisotopic (exact) mass is 524 g/mol. The van der Waals surface area contributed by atoms with Gasteiger partial charge in [0.25, 0.3) is 0 Å². The van der Waals surface area contributed by atoms with Crippen LogP contribution in [0.4, 0.5) is 0 Å². The Labute approximate surface area is 197 Å². The Morgan fingerprint density at radius 1 is 1.07 bits per heavy atom. The molecule has 0 radical (unpaired) electrons. The van der Waals surface area contributed by atoms with Crippen LogP contribution in [0.1, 0.15) is 11.1 Å². The molecule has 0 atom stereocenters. The lowest BCUT2D eigenvalue weighted by molar-refractivity contribution is 0.0341. The van der Waals surface area contributed by atoms with Crippen LogP contribution in [0.3, 0.4) is 0 Å².